The van der Waals surface area contributed by atoms with Crippen molar-refractivity contribution in [3.8, 4) is 0 Å². The zero-order valence-corrected chi connectivity index (χ0v) is 40.9. The maximum absolute atomic E-state index is 12.8. The van der Waals surface area contributed by atoms with Crippen molar-refractivity contribution in [1.29, 1.82) is 0 Å². The minimum Gasteiger partial charge on any atom is -0.462 e. The van der Waals surface area contributed by atoms with Crippen molar-refractivity contribution in [2.75, 3.05) is 13.2 Å². The summed E-state index contributed by atoms with van der Waals surface area (Å²) in [5.74, 6) is -1.02. The quantitative estimate of drug-likeness (QED) is 0.0200. The SMILES string of the molecule is CC\C=C/C=C\C=C/C=C\C=C\C=C/C=C\CCCCCC(=O)OCC(COC(=O)CCCCCC/C=C\CCCC)OC(=O)CCCCCCC\C=C/C=C\C=C/C=C\C=C/CCC. The van der Waals surface area contributed by atoms with Crippen molar-refractivity contribution in [2.24, 2.45) is 0 Å². The van der Waals surface area contributed by atoms with Crippen molar-refractivity contribution in [1.82, 2.24) is 0 Å². The summed E-state index contributed by atoms with van der Waals surface area (Å²) in [5.41, 5.74) is 0. The van der Waals surface area contributed by atoms with Crippen LogP contribution in [0, 0.1) is 0 Å². The molecule has 0 radical (unpaired) electrons. The first-order chi connectivity index (χ1) is 32.0. The van der Waals surface area contributed by atoms with Gasteiger partial charge in [-0.25, -0.2) is 0 Å². The summed E-state index contributed by atoms with van der Waals surface area (Å²) in [5, 5.41) is 0. The summed E-state index contributed by atoms with van der Waals surface area (Å²) in [6.45, 7) is 6.25. The van der Waals surface area contributed by atoms with Crippen LogP contribution in [-0.4, -0.2) is 37.2 Å². The highest BCUT2D eigenvalue weighted by Crippen LogP contribution is 2.12. The summed E-state index contributed by atoms with van der Waals surface area (Å²) >= 11 is 0. The number of unbranched alkanes of at least 4 members (excludes halogenated alkanes) is 15. The number of carbonyl (C=O) groups excluding carboxylic acids is 3. The molecule has 0 fully saturated rings. The minimum atomic E-state index is -0.823. The second-order valence-corrected chi connectivity index (χ2v) is 15.9. The van der Waals surface area contributed by atoms with Gasteiger partial charge in [-0.1, -0.05) is 237 Å². The maximum Gasteiger partial charge on any atom is 0.306 e. The van der Waals surface area contributed by atoms with E-state index in [0.717, 1.165) is 109 Å². The summed E-state index contributed by atoms with van der Waals surface area (Å²) in [6.07, 6.45) is 75.0. The van der Waals surface area contributed by atoms with Gasteiger partial charge in [0.1, 0.15) is 13.2 Å². The molecule has 65 heavy (non-hydrogen) atoms. The third kappa shape index (κ3) is 49.9. The van der Waals surface area contributed by atoms with E-state index in [4.69, 9.17) is 14.2 Å². The molecule has 0 saturated heterocycles. The number of carbonyl (C=O) groups is 3. The predicted molar refractivity (Wildman–Crippen MR) is 278 cm³/mol. The van der Waals surface area contributed by atoms with E-state index in [1.54, 1.807) is 0 Å². The van der Waals surface area contributed by atoms with Crippen LogP contribution < -0.4 is 0 Å². The van der Waals surface area contributed by atoms with E-state index in [2.05, 4.69) is 69.4 Å². The Kier molecular flexibility index (Phi) is 47.7. The van der Waals surface area contributed by atoms with Gasteiger partial charge in [-0.05, 0) is 77.0 Å². The van der Waals surface area contributed by atoms with Gasteiger partial charge in [0.2, 0.25) is 0 Å². The molecular formula is C59H88O6. The molecule has 0 aromatic heterocycles. The Morgan fingerprint density at radius 3 is 1.06 bits per heavy atom. The molecule has 0 spiro atoms. The summed E-state index contributed by atoms with van der Waals surface area (Å²) in [7, 11) is 0. The number of hydrogen-bond acceptors (Lipinski definition) is 6. The van der Waals surface area contributed by atoms with Crippen LogP contribution in [0.3, 0.4) is 0 Å². The van der Waals surface area contributed by atoms with Gasteiger partial charge in [-0.2, -0.15) is 0 Å². The largest absolute Gasteiger partial charge is 0.462 e. The van der Waals surface area contributed by atoms with Crippen LogP contribution >= 0.6 is 0 Å². The van der Waals surface area contributed by atoms with Crippen LogP contribution in [0.4, 0.5) is 0 Å². The van der Waals surface area contributed by atoms with Crippen molar-refractivity contribution in [2.45, 2.75) is 181 Å². The second kappa shape index (κ2) is 51.7. The highest BCUT2D eigenvalue weighted by Gasteiger charge is 2.19. The molecule has 0 N–H and O–H groups in total. The number of ether oxygens (including phenoxy) is 3. The Bertz CT molecular complexity index is 1540. The number of esters is 3. The normalized spacial score (nSPS) is 13.5. The van der Waals surface area contributed by atoms with Crippen molar-refractivity contribution in [3.63, 3.8) is 0 Å². The van der Waals surface area contributed by atoms with E-state index in [0.29, 0.717) is 12.8 Å². The van der Waals surface area contributed by atoms with Crippen LogP contribution in [-0.2, 0) is 28.6 Å². The molecule has 360 valence electrons. The second-order valence-electron chi connectivity index (χ2n) is 15.9. The van der Waals surface area contributed by atoms with Gasteiger partial charge in [0.25, 0.3) is 0 Å². The van der Waals surface area contributed by atoms with Gasteiger partial charge in [-0.15, -0.1) is 0 Å². The van der Waals surface area contributed by atoms with Crippen LogP contribution in [0.5, 0.6) is 0 Å². The van der Waals surface area contributed by atoms with Gasteiger partial charge in [-0.3, -0.25) is 14.4 Å². The van der Waals surface area contributed by atoms with E-state index in [1.807, 2.05) is 109 Å². The van der Waals surface area contributed by atoms with E-state index in [1.165, 1.54) is 19.3 Å². The third-order valence-electron chi connectivity index (χ3n) is 9.79. The fraction of sp³-hybridized carbons (Fsp3) is 0.508. The monoisotopic (exact) mass is 893 g/mol. The lowest BCUT2D eigenvalue weighted by Crippen LogP contribution is -2.30. The van der Waals surface area contributed by atoms with Crippen LogP contribution in [0.1, 0.15) is 175 Å². The smallest absolute Gasteiger partial charge is 0.306 e. The highest BCUT2D eigenvalue weighted by molar-refractivity contribution is 5.71. The standard InChI is InChI=1S/C59H88O6/c1-4-7-10-13-16-19-22-24-26-28-30-32-33-35-37-40-43-46-49-52-58(61)64-55-56(54-63-57(60)51-48-45-42-39-21-18-15-12-9-6-3)65-59(62)53-50-47-44-41-38-36-34-31-29-27-25-23-20-17-14-11-8-5-2/h7,10-11,13-20,22-35,37,56H,4-6,8-9,12,21,36,38-55H2,1-3H3/b10-7-,14-11-,16-13-,18-15-,20-17-,22-19-,25-23-,26-24-,29-27-,30-28+,33-32-,34-31-,37-35-. The van der Waals surface area contributed by atoms with Gasteiger partial charge in [0.05, 0.1) is 0 Å². The predicted octanol–water partition coefficient (Wildman–Crippen LogP) is 16.6. The Balaban J connectivity index is 4.58. The lowest BCUT2D eigenvalue weighted by molar-refractivity contribution is -0.167. The van der Waals surface area contributed by atoms with Crippen molar-refractivity contribution in [3.05, 3.63) is 158 Å². The fourth-order valence-electron chi connectivity index (χ4n) is 6.02. The average Bonchev–Trinajstić information content (AvgIpc) is 3.30. The van der Waals surface area contributed by atoms with Gasteiger partial charge >= 0.3 is 17.9 Å². The number of rotatable bonds is 42. The minimum absolute atomic E-state index is 0.118. The molecule has 0 aliphatic rings. The molecule has 0 aliphatic heterocycles. The van der Waals surface area contributed by atoms with Crippen molar-refractivity contribution < 1.29 is 28.6 Å². The molecular weight excluding hydrogens is 805 g/mol. The average molecular weight is 893 g/mol. The first-order valence-corrected chi connectivity index (χ1v) is 25.2. The molecule has 0 aromatic carbocycles. The molecule has 0 amide bonds. The molecule has 0 bridgehead atoms. The van der Waals surface area contributed by atoms with Crippen LogP contribution in [0.25, 0.3) is 0 Å². The molecule has 6 nitrogen and oxygen atoms in total. The van der Waals surface area contributed by atoms with Gasteiger partial charge < -0.3 is 14.2 Å². The Hall–Kier alpha value is -4.97. The number of allylic oxidation sites excluding steroid dienone is 26. The molecule has 1 unspecified atom stereocenters. The zero-order valence-electron chi connectivity index (χ0n) is 40.9. The summed E-state index contributed by atoms with van der Waals surface area (Å²) in [4.78, 5) is 37.9. The van der Waals surface area contributed by atoms with Crippen LogP contribution in [0.15, 0.2) is 158 Å². The van der Waals surface area contributed by atoms with Gasteiger partial charge in [0.15, 0.2) is 6.10 Å². The van der Waals surface area contributed by atoms with Gasteiger partial charge in [0, 0.05) is 19.3 Å². The molecule has 1 atom stereocenters. The Morgan fingerprint density at radius 2 is 0.646 bits per heavy atom. The lowest BCUT2D eigenvalue weighted by atomic mass is 10.1. The fourth-order valence-corrected chi connectivity index (χ4v) is 6.02. The van der Waals surface area contributed by atoms with Crippen LogP contribution in [0.2, 0.25) is 0 Å². The van der Waals surface area contributed by atoms with E-state index in [-0.39, 0.29) is 44.0 Å². The third-order valence-corrected chi connectivity index (χ3v) is 9.79. The van der Waals surface area contributed by atoms with Crippen molar-refractivity contribution >= 4 is 17.9 Å². The van der Waals surface area contributed by atoms with E-state index < -0.39 is 6.10 Å². The lowest BCUT2D eigenvalue weighted by Gasteiger charge is -2.18. The van der Waals surface area contributed by atoms with E-state index >= 15 is 0 Å². The highest BCUT2D eigenvalue weighted by atomic mass is 16.6. The Morgan fingerprint density at radius 1 is 0.323 bits per heavy atom. The molecule has 0 aromatic rings. The topological polar surface area (TPSA) is 78.9 Å². The molecule has 0 heterocycles. The number of hydrogen-bond donors (Lipinski definition) is 0. The molecule has 0 aliphatic carbocycles. The first kappa shape index (κ1) is 60.0. The maximum atomic E-state index is 12.8. The summed E-state index contributed by atoms with van der Waals surface area (Å²) in [6, 6.07) is 0. The molecule has 0 rings (SSSR count). The summed E-state index contributed by atoms with van der Waals surface area (Å²) < 4.78 is 16.7. The Labute approximate surface area is 397 Å². The molecule has 0 saturated carbocycles. The first-order valence-electron chi connectivity index (χ1n) is 25.2. The zero-order chi connectivity index (χ0) is 47.2. The molecule has 6 heteroatoms. The van der Waals surface area contributed by atoms with E-state index in [9.17, 15) is 14.4 Å².